The fourth-order valence-corrected chi connectivity index (χ4v) is 2.09. The minimum absolute atomic E-state index is 0.0559. The molecule has 4 nitrogen and oxygen atoms in total. The van der Waals surface area contributed by atoms with E-state index < -0.39 is 6.10 Å². The summed E-state index contributed by atoms with van der Waals surface area (Å²) < 4.78 is 5.37. The Bertz CT molecular complexity index is 636. The highest BCUT2D eigenvalue weighted by Gasteiger charge is 2.46. The van der Waals surface area contributed by atoms with Crippen LogP contribution in [0, 0.1) is 0 Å². The normalized spacial score (nSPS) is 21.1. The number of carbonyl (C=O) groups excluding carboxylic acids is 1. The average Bonchev–Trinajstić information content (AvgIpc) is 3.18. The van der Waals surface area contributed by atoms with E-state index in [2.05, 4.69) is 0 Å². The fraction of sp³-hybridized carbons (Fsp3) is 0.133. The minimum atomic E-state index is -0.538. The smallest absolute Gasteiger partial charge is 0.194 e. The van der Waals surface area contributed by atoms with Crippen molar-refractivity contribution in [2.45, 2.75) is 12.2 Å². The molecule has 0 spiro atoms. The molecule has 1 heterocycles. The van der Waals surface area contributed by atoms with Gasteiger partial charge in [0.05, 0.1) is 0 Å². The summed E-state index contributed by atoms with van der Waals surface area (Å²) in [6.45, 7) is 0. The number of hydrogen-bond donors (Lipinski definition) is 2. The molecule has 0 aliphatic carbocycles. The maximum absolute atomic E-state index is 12.1. The van der Waals surface area contributed by atoms with Crippen molar-refractivity contribution in [3.63, 3.8) is 0 Å². The monoisotopic (exact) mass is 256 g/mol. The predicted molar refractivity (Wildman–Crippen MR) is 68.2 cm³/mol. The molecule has 2 aromatic carbocycles. The number of epoxide rings is 1. The topological polar surface area (TPSA) is 70.1 Å². The average molecular weight is 256 g/mol. The number of Topliss-reactive ketones (excluding diaryl/α,β-unsaturated/α-hetero) is 1. The highest BCUT2D eigenvalue weighted by atomic mass is 16.6. The van der Waals surface area contributed by atoms with Crippen LogP contribution in [-0.2, 0) is 4.74 Å². The molecule has 19 heavy (non-hydrogen) atoms. The number of carbonyl (C=O) groups is 1. The lowest BCUT2D eigenvalue weighted by Crippen LogP contribution is -2.07. The van der Waals surface area contributed by atoms with E-state index in [1.165, 1.54) is 12.1 Å². The van der Waals surface area contributed by atoms with Crippen LogP contribution in [0.1, 0.15) is 22.0 Å². The molecule has 2 unspecified atom stereocenters. The first-order valence-electron chi connectivity index (χ1n) is 5.93. The van der Waals surface area contributed by atoms with Crippen LogP contribution >= 0.6 is 0 Å². The van der Waals surface area contributed by atoms with Gasteiger partial charge in [0.1, 0.15) is 17.6 Å². The van der Waals surface area contributed by atoms with Crippen LogP contribution in [0.5, 0.6) is 11.5 Å². The lowest BCUT2D eigenvalue weighted by Gasteiger charge is -1.99. The first-order chi connectivity index (χ1) is 9.15. The molecule has 0 saturated carbocycles. The summed E-state index contributed by atoms with van der Waals surface area (Å²) in [6.07, 6.45) is -0.856. The summed E-state index contributed by atoms with van der Waals surface area (Å²) in [6, 6.07) is 12.9. The van der Waals surface area contributed by atoms with Gasteiger partial charge < -0.3 is 14.9 Å². The third-order valence-corrected chi connectivity index (χ3v) is 3.08. The number of benzene rings is 2. The number of phenolic OH excluding ortho intramolecular Hbond substituents is 2. The SMILES string of the molecule is O=C(c1cccc(O)c1)C1OC1c1cccc(O)c1. The molecule has 2 aromatic rings. The Labute approximate surface area is 109 Å². The van der Waals surface area contributed by atoms with Gasteiger partial charge >= 0.3 is 0 Å². The van der Waals surface area contributed by atoms with Gasteiger partial charge in [0.15, 0.2) is 11.9 Å². The third kappa shape index (κ3) is 2.30. The maximum Gasteiger partial charge on any atom is 0.194 e. The van der Waals surface area contributed by atoms with Gasteiger partial charge in [-0.1, -0.05) is 24.3 Å². The Morgan fingerprint density at radius 1 is 1.00 bits per heavy atom. The number of ether oxygens (including phenoxy) is 1. The zero-order chi connectivity index (χ0) is 13.4. The van der Waals surface area contributed by atoms with E-state index in [9.17, 15) is 15.0 Å². The second kappa shape index (κ2) is 4.40. The lowest BCUT2D eigenvalue weighted by atomic mass is 10.0. The van der Waals surface area contributed by atoms with Crippen LogP contribution in [0.2, 0.25) is 0 Å². The van der Waals surface area contributed by atoms with Crippen molar-refractivity contribution in [1.82, 2.24) is 0 Å². The Kier molecular flexibility index (Phi) is 2.72. The molecule has 2 atom stereocenters. The van der Waals surface area contributed by atoms with Crippen molar-refractivity contribution in [3.05, 3.63) is 59.7 Å². The Hall–Kier alpha value is -2.33. The summed E-state index contributed by atoms with van der Waals surface area (Å²) >= 11 is 0. The molecular formula is C15H12O4. The van der Waals surface area contributed by atoms with Gasteiger partial charge in [-0.2, -0.15) is 0 Å². The van der Waals surface area contributed by atoms with E-state index in [1.54, 1.807) is 36.4 Å². The first kappa shape index (κ1) is 11.7. The molecule has 0 aromatic heterocycles. The molecule has 1 aliphatic rings. The van der Waals surface area contributed by atoms with Crippen LogP contribution in [-0.4, -0.2) is 22.1 Å². The summed E-state index contributed by atoms with van der Waals surface area (Å²) in [5.41, 5.74) is 1.20. The minimum Gasteiger partial charge on any atom is -0.508 e. The summed E-state index contributed by atoms with van der Waals surface area (Å²) in [7, 11) is 0. The molecular weight excluding hydrogens is 244 g/mol. The van der Waals surface area contributed by atoms with Gasteiger partial charge in [-0.05, 0) is 29.8 Å². The number of hydrogen-bond acceptors (Lipinski definition) is 4. The molecule has 2 N–H and O–H groups in total. The lowest BCUT2D eigenvalue weighted by molar-refractivity contribution is 0.0953. The summed E-state index contributed by atoms with van der Waals surface area (Å²) in [4.78, 5) is 12.1. The van der Waals surface area contributed by atoms with Crippen molar-refractivity contribution < 1.29 is 19.7 Å². The number of phenols is 2. The van der Waals surface area contributed by atoms with E-state index >= 15 is 0 Å². The zero-order valence-electron chi connectivity index (χ0n) is 9.98. The molecule has 96 valence electrons. The van der Waals surface area contributed by atoms with Crippen molar-refractivity contribution >= 4 is 5.78 Å². The fourth-order valence-electron chi connectivity index (χ4n) is 2.09. The second-order valence-corrected chi connectivity index (χ2v) is 4.49. The highest BCUT2D eigenvalue weighted by Crippen LogP contribution is 2.41. The Balaban J connectivity index is 1.78. The van der Waals surface area contributed by atoms with Gasteiger partial charge in [0.25, 0.3) is 0 Å². The number of rotatable bonds is 3. The van der Waals surface area contributed by atoms with Crippen molar-refractivity contribution in [2.75, 3.05) is 0 Å². The third-order valence-electron chi connectivity index (χ3n) is 3.08. The van der Waals surface area contributed by atoms with Gasteiger partial charge in [-0.25, -0.2) is 0 Å². The van der Waals surface area contributed by atoms with E-state index in [0.717, 1.165) is 5.56 Å². The summed E-state index contributed by atoms with van der Waals surface area (Å²) in [5, 5.41) is 18.8. The molecule has 1 aliphatic heterocycles. The van der Waals surface area contributed by atoms with E-state index in [4.69, 9.17) is 4.74 Å². The van der Waals surface area contributed by atoms with E-state index in [0.29, 0.717) is 5.56 Å². The zero-order valence-corrected chi connectivity index (χ0v) is 9.98. The van der Waals surface area contributed by atoms with E-state index in [-0.39, 0.29) is 23.4 Å². The van der Waals surface area contributed by atoms with Crippen LogP contribution in [0.4, 0.5) is 0 Å². The Morgan fingerprint density at radius 3 is 2.37 bits per heavy atom. The molecule has 1 saturated heterocycles. The number of aromatic hydroxyl groups is 2. The summed E-state index contributed by atoms with van der Waals surface area (Å²) in [5.74, 6) is 0.0428. The predicted octanol–water partition coefficient (Wildman–Crippen LogP) is 2.42. The standard InChI is InChI=1S/C15H12O4/c16-11-5-1-3-9(7-11)13(18)15-14(19-15)10-4-2-6-12(17)8-10/h1-8,14-17H. The molecule has 0 bridgehead atoms. The van der Waals surface area contributed by atoms with E-state index in [1.807, 2.05) is 0 Å². The van der Waals surface area contributed by atoms with Gasteiger partial charge in [-0.15, -0.1) is 0 Å². The molecule has 1 fully saturated rings. The molecule has 4 heteroatoms. The van der Waals surface area contributed by atoms with Crippen LogP contribution in [0.3, 0.4) is 0 Å². The van der Waals surface area contributed by atoms with Crippen molar-refractivity contribution in [2.24, 2.45) is 0 Å². The van der Waals surface area contributed by atoms with Gasteiger partial charge in [0, 0.05) is 5.56 Å². The molecule has 3 rings (SSSR count). The molecule has 0 radical (unpaired) electrons. The maximum atomic E-state index is 12.1. The van der Waals surface area contributed by atoms with Crippen LogP contribution in [0.25, 0.3) is 0 Å². The number of ketones is 1. The van der Waals surface area contributed by atoms with Crippen LogP contribution < -0.4 is 0 Å². The quantitative estimate of drug-likeness (QED) is 0.653. The second-order valence-electron chi connectivity index (χ2n) is 4.49. The van der Waals surface area contributed by atoms with Crippen molar-refractivity contribution in [1.29, 1.82) is 0 Å². The van der Waals surface area contributed by atoms with Crippen LogP contribution in [0.15, 0.2) is 48.5 Å². The highest BCUT2D eigenvalue weighted by molar-refractivity contribution is 6.01. The first-order valence-corrected chi connectivity index (χ1v) is 5.93. The largest absolute Gasteiger partial charge is 0.508 e. The Morgan fingerprint density at radius 2 is 1.68 bits per heavy atom. The van der Waals surface area contributed by atoms with Gasteiger partial charge in [0.2, 0.25) is 0 Å². The van der Waals surface area contributed by atoms with Crippen molar-refractivity contribution in [3.8, 4) is 11.5 Å². The van der Waals surface area contributed by atoms with Gasteiger partial charge in [-0.3, -0.25) is 4.79 Å². The molecule has 0 amide bonds.